The summed E-state index contributed by atoms with van der Waals surface area (Å²) < 4.78 is 5.98. The van der Waals surface area contributed by atoms with Crippen molar-refractivity contribution in [2.75, 3.05) is 6.54 Å². The van der Waals surface area contributed by atoms with Crippen LogP contribution in [-0.2, 0) is 19.6 Å². The van der Waals surface area contributed by atoms with E-state index in [0.717, 1.165) is 35.4 Å². The number of nitrogens with one attached hydrogen (secondary N) is 1. The lowest BCUT2D eigenvalue weighted by atomic mass is 10.1. The zero-order valence-electron chi connectivity index (χ0n) is 15.7. The van der Waals surface area contributed by atoms with Crippen molar-refractivity contribution < 1.29 is 4.74 Å². The Morgan fingerprint density at radius 2 is 1.23 bits per heavy atom. The molecule has 160 valence electrons. The average molecular weight is 526 g/mol. The molecule has 0 aliphatic rings. The van der Waals surface area contributed by atoms with Gasteiger partial charge < -0.3 is 10.1 Å². The van der Waals surface area contributed by atoms with Crippen molar-refractivity contribution >= 4 is 70.4 Å². The monoisotopic (exact) mass is 523 g/mol. The third kappa shape index (κ3) is 7.39. The Hall–Kier alpha value is -0.840. The summed E-state index contributed by atoms with van der Waals surface area (Å²) in [4.78, 5) is 0. The predicted octanol–water partition coefficient (Wildman–Crippen LogP) is 8.29. The van der Waals surface area contributed by atoms with Gasteiger partial charge in [-0.1, -0.05) is 70.1 Å². The Balaban J connectivity index is 0.00000320. The highest BCUT2D eigenvalue weighted by molar-refractivity contribution is 6.35. The van der Waals surface area contributed by atoms with E-state index in [1.807, 2.05) is 30.3 Å². The summed E-state index contributed by atoms with van der Waals surface area (Å²) in [5.74, 6) is 0.748. The first-order chi connectivity index (χ1) is 13.9. The maximum Gasteiger partial charge on any atom is 0.124 e. The molecule has 30 heavy (non-hydrogen) atoms. The summed E-state index contributed by atoms with van der Waals surface area (Å²) in [6, 6.07) is 16.4. The van der Waals surface area contributed by atoms with Gasteiger partial charge in [-0.2, -0.15) is 0 Å². The van der Waals surface area contributed by atoms with E-state index in [4.69, 9.17) is 62.7 Å². The second kappa shape index (κ2) is 12.3. The zero-order valence-corrected chi connectivity index (χ0v) is 20.3. The van der Waals surface area contributed by atoms with Crippen molar-refractivity contribution in [3.63, 3.8) is 0 Å². The topological polar surface area (TPSA) is 21.3 Å². The van der Waals surface area contributed by atoms with E-state index in [1.165, 1.54) is 0 Å². The van der Waals surface area contributed by atoms with Gasteiger partial charge in [0.15, 0.2) is 0 Å². The molecule has 0 amide bonds. The largest absolute Gasteiger partial charge is 0.489 e. The minimum absolute atomic E-state index is 0. The van der Waals surface area contributed by atoms with Crippen molar-refractivity contribution in [2.24, 2.45) is 0 Å². The Labute approximate surface area is 207 Å². The summed E-state index contributed by atoms with van der Waals surface area (Å²) in [7, 11) is 0. The van der Waals surface area contributed by atoms with Crippen LogP contribution >= 0.6 is 70.4 Å². The number of ether oxygens (including phenoxy) is 1. The quantitative estimate of drug-likeness (QED) is 0.299. The average Bonchev–Trinajstić information content (AvgIpc) is 2.67. The highest BCUT2D eigenvalue weighted by Crippen LogP contribution is 2.27. The first-order valence-corrected chi connectivity index (χ1v) is 10.8. The van der Waals surface area contributed by atoms with Gasteiger partial charge in [0.05, 0.1) is 0 Å². The van der Waals surface area contributed by atoms with Gasteiger partial charge in [0.25, 0.3) is 0 Å². The van der Waals surface area contributed by atoms with Crippen molar-refractivity contribution in [1.29, 1.82) is 0 Å². The molecule has 0 radical (unpaired) electrons. The molecule has 0 saturated heterocycles. The number of halogens is 6. The smallest absolute Gasteiger partial charge is 0.124 e. The molecule has 0 fully saturated rings. The molecule has 3 aromatic rings. The third-order valence-electron chi connectivity index (χ3n) is 4.32. The molecule has 0 spiro atoms. The molecule has 1 N–H and O–H groups in total. The van der Waals surface area contributed by atoms with Crippen LogP contribution in [0.3, 0.4) is 0 Å². The van der Waals surface area contributed by atoms with Crippen molar-refractivity contribution in [2.45, 2.75) is 19.6 Å². The fourth-order valence-corrected chi connectivity index (χ4v) is 3.95. The molecular formula is C22H19Cl6NO. The minimum atomic E-state index is 0. The van der Waals surface area contributed by atoms with Gasteiger partial charge in [-0.05, 0) is 61.0 Å². The van der Waals surface area contributed by atoms with Crippen LogP contribution in [0.2, 0.25) is 25.1 Å². The molecule has 0 aliphatic carbocycles. The zero-order chi connectivity index (χ0) is 20.8. The normalized spacial score (nSPS) is 10.6. The van der Waals surface area contributed by atoms with Crippen LogP contribution in [0.4, 0.5) is 0 Å². The van der Waals surface area contributed by atoms with Crippen LogP contribution in [-0.4, -0.2) is 6.54 Å². The molecule has 3 aromatic carbocycles. The van der Waals surface area contributed by atoms with E-state index in [-0.39, 0.29) is 12.4 Å². The van der Waals surface area contributed by atoms with E-state index in [0.29, 0.717) is 38.3 Å². The second-order valence-corrected chi connectivity index (χ2v) is 8.56. The lowest BCUT2D eigenvalue weighted by molar-refractivity contribution is 0.302. The molecule has 0 aromatic heterocycles. The second-order valence-electron chi connectivity index (χ2n) is 6.44. The van der Waals surface area contributed by atoms with E-state index in [9.17, 15) is 0 Å². The van der Waals surface area contributed by atoms with Crippen LogP contribution in [0.25, 0.3) is 0 Å². The van der Waals surface area contributed by atoms with Crippen LogP contribution in [0, 0.1) is 0 Å². The Morgan fingerprint density at radius 3 is 1.87 bits per heavy atom. The van der Waals surface area contributed by atoms with Gasteiger partial charge in [-0.25, -0.2) is 0 Å². The van der Waals surface area contributed by atoms with E-state index < -0.39 is 0 Å². The van der Waals surface area contributed by atoms with Gasteiger partial charge in [0.1, 0.15) is 12.4 Å². The number of hydrogen-bond acceptors (Lipinski definition) is 2. The maximum absolute atomic E-state index is 6.23. The Morgan fingerprint density at radius 1 is 0.667 bits per heavy atom. The van der Waals surface area contributed by atoms with Gasteiger partial charge in [-0.15, -0.1) is 12.4 Å². The summed E-state index contributed by atoms with van der Waals surface area (Å²) in [5.41, 5.74) is 2.87. The van der Waals surface area contributed by atoms with Crippen molar-refractivity contribution in [3.8, 4) is 5.75 Å². The Bertz CT molecular complexity index is 995. The SMILES string of the molecule is Cl.Clc1ccc(CCNCc2cc(Cl)ccc2OCc2ccc(Cl)cc2Cl)c(Cl)c1. The predicted molar refractivity (Wildman–Crippen MR) is 131 cm³/mol. The van der Waals surface area contributed by atoms with Crippen molar-refractivity contribution in [3.05, 3.63) is 96.4 Å². The summed E-state index contributed by atoms with van der Waals surface area (Å²) >= 11 is 30.5. The molecule has 0 atom stereocenters. The molecule has 0 saturated carbocycles. The van der Waals surface area contributed by atoms with Gasteiger partial charge in [-0.3, -0.25) is 0 Å². The number of hydrogen-bond donors (Lipinski definition) is 1. The Kier molecular flexibility index (Phi) is 10.4. The molecule has 2 nitrogen and oxygen atoms in total. The molecule has 0 heterocycles. The third-order valence-corrected chi connectivity index (χ3v) is 5.73. The minimum Gasteiger partial charge on any atom is -0.489 e. The molecule has 3 rings (SSSR count). The first kappa shape index (κ1) is 25.4. The van der Waals surface area contributed by atoms with Crippen LogP contribution in [0.15, 0.2) is 54.6 Å². The summed E-state index contributed by atoms with van der Waals surface area (Å²) in [6.07, 6.45) is 0.785. The lowest BCUT2D eigenvalue weighted by Gasteiger charge is -2.14. The van der Waals surface area contributed by atoms with Gasteiger partial charge in [0, 0.05) is 42.8 Å². The van der Waals surface area contributed by atoms with E-state index in [1.54, 1.807) is 24.3 Å². The first-order valence-electron chi connectivity index (χ1n) is 8.92. The standard InChI is InChI=1S/C22H18Cl5NO.ClH/c23-17-5-6-22(29-13-15-2-4-19(25)11-21(15)27)16(9-17)12-28-8-7-14-1-3-18(24)10-20(14)26;/h1-6,9-11,28H,7-8,12-13H2;1H. The lowest BCUT2D eigenvalue weighted by Crippen LogP contribution is -2.17. The highest BCUT2D eigenvalue weighted by atomic mass is 35.5. The molecular weight excluding hydrogens is 507 g/mol. The fraction of sp³-hybridized carbons (Fsp3) is 0.182. The molecule has 0 unspecified atom stereocenters. The summed E-state index contributed by atoms with van der Waals surface area (Å²) in [6.45, 7) is 1.69. The molecule has 0 bridgehead atoms. The van der Waals surface area contributed by atoms with Crippen LogP contribution < -0.4 is 10.1 Å². The van der Waals surface area contributed by atoms with Gasteiger partial charge >= 0.3 is 0 Å². The van der Waals surface area contributed by atoms with Crippen LogP contribution in [0.5, 0.6) is 5.75 Å². The van der Waals surface area contributed by atoms with Crippen LogP contribution in [0.1, 0.15) is 16.7 Å². The fourth-order valence-electron chi connectivity index (χ4n) is 2.79. The highest BCUT2D eigenvalue weighted by Gasteiger charge is 2.08. The van der Waals surface area contributed by atoms with Crippen molar-refractivity contribution in [1.82, 2.24) is 5.32 Å². The maximum atomic E-state index is 6.23. The molecule has 0 aliphatic heterocycles. The number of rotatable bonds is 8. The summed E-state index contributed by atoms with van der Waals surface area (Å²) in [5, 5.41) is 6.53. The van der Waals surface area contributed by atoms with Gasteiger partial charge in [0.2, 0.25) is 0 Å². The van der Waals surface area contributed by atoms with E-state index in [2.05, 4.69) is 5.32 Å². The van der Waals surface area contributed by atoms with E-state index >= 15 is 0 Å². The number of benzene rings is 3. The molecule has 8 heteroatoms.